The number of H-pyrrole nitrogens is 1. The summed E-state index contributed by atoms with van der Waals surface area (Å²) < 4.78 is 0. The number of hydrogen-bond acceptors (Lipinski definition) is 2. The molecule has 5 heteroatoms. The highest BCUT2D eigenvalue weighted by Crippen LogP contribution is 2.04. The van der Waals surface area contributed by atoms with Crippen LogP contribution in [0.2, 0.25) is 0 Å². The van der Waals surface area contributed by atoms with Crippen molar-refractivity contribution in [2.75, 3.05) is 0 Å². The van der Waals surface area contributed by atoms with Crippen molar-refractivity contribution in [2.24, 2.45) is 0 Å². The fraction of sp³-hybridized carbons (Fsp3) is 0.143. The van der Waals surface area contributed by atoms with Crippen LogP contribution in [0.3, 0.4) is 0 Å². The van der Waals surface area contributed by atoms with Crippen molar-refractivity contribution in [1.82, 2.24) is 10.3 Å². The molecule has 1 atom stereocenters. The van der Waals surface area contributed by atoms with Crippen LogP contribution in [0.4, 0.5) is 0 Å². The van der Waals surface area contributed by atoms with Gasteiger partial charge in [-0.05, 0) is 17.7 Å². The Kier molecular flexibility index (Phi) is 3.97. The van der Waals surface area contributed by atoms with Gasteiger partial charge in [-0.2, -0.15) is 0 Å². The van der Waals surface area contributed by atoms with Gasteiger partial charge in [0.05, 0.1) is 0 Å². The molecule has 2 aromatic rings. The van der Waals surface area contributed by atoms with Gasteiger partial charge in [0.25, 0.3) is 5.91 Å². The van der Waals surface area contributed by atoms with Crippen LogP contribution in [0.15, 0.2) is 48.7 Å². The number of aliphatic carboxylic acids is 1. The number of aromatic amines is 1. The molecule has 0 aliphatic rings. The highest BCUT2D eigenvalue weighted by Gasteiger charge is 2.21. The number of nitrogens with one attached hydrogen (secondary N) is 2. The SMILES string of the molecule is O=C(N[C@@H](Cc1ccccc1)C(=O)O)c1ccc[nH]1. The normalized spacial score (nSPS) is 11.8. The minimum absolute atomic E-state index is 0.253. The molecule has 1 aromatic heterocycles. The summed E-state index contributed by atoms with van der Waals surface area (Å²) in [7, 11) is 0. The van der Waals surface area contributed by atoms with Gasteiger partial charge in [-0.15, -0.1) is 0 Å². The third-order valence-corrected chi connectivity index (χ3v) is 2.73. The van der Waals surface area contributed by atoms with Gasteiger partial charge in [0, 0.05) is 12.6 Å². The molecule has 0 bridgehead atoms. The Labute approximate surface area is 110 Å². The first-order valence-corrected chi connectivity index (χ1v) is 5.88. The largest absolute Gasteiger partial charge is 0.480 e. The van der Waals surface area contributed by atoms with Crippen molar-refractivity contribution in [3.8, 4) is 0 Å². The van der Waals surface area contributed by atoms with Gasteiger partial charge in [-0.3, -0.25) is 4.79 Å². The number of benzene rings is 1. The average Bonchev–Trinajstić information content (AvgIpc) is 2.93. The van der Waals surface area contributed by atoms with E-state index in [0.29, 0.717) is 5.69 Å². The van der Waals surface area contributed by atoms with Crippen LogP contribution >= 0.6 is 0 Å². The molecule has 0 aliphatic carbocycles. The minimum Gasteiger partial charge on any atom is -0.480 e. The van der Waals surface area contributed by atoms with Gasteiger partial charge in [-0.25, -0.2) is 4.79 Å². The van der Waals surface area contributed by atoms with E-state index in [0.717, 1.165) is 5.56 Å². The maximum Gasteiger partial charge on any atom is 0.326 e. The molecule has 0 unspecified atom stereocenters. The van der Waals surface area contributed by atoms with E-state index in [1.807, 2.05) is 30.3 Å². The average molecular weight is 258 g/mol. The van der Waals surface area contributed by atoms with Gasteiger partial charge < -0.3 is 15.4 Å². The summed E-state index contributed by atoms with van der Waals surface area (Å²) in [6, 6.07) is 11.5. The molecule has 1 aromatic carbocycles. The Morgan fingerprint density at radius 3 is 2.47 bits per heavy atom. The van der Waals surface area contributed by atoms with Crippen molar-refractivity contribution >= 4 is 11.9 Å². The van der Waals surface area contributed by atoms with E-state index in [1.54, 1.807) is 18.3 Å². The van der Waals surface area contributed by atoms with Crippen LogP contribution in [0.5, 0.6) is 0 Å². The molecule has 0 aliphatic heterocycles. The van der Waals surface area contributed by atoms with E-state index < -0.39 is 17.9 Å². The van der Waals surface area contributed by atoms with Crippen LogP contribution in [-0.2, 0) is 11.2 Å². The summed E-state index contributed by atoms with van der Waals surface area (Å²) in [5.41, 5.74) is 1.21. The zero-order valence-electron chi connectivity index (χ0n) is 10.2. The lowest BCUT2D eigenvalue weighted by Gasteiger charge is -2.14. The minimum atomic E-state index is -1.05. The van der Waals surface area contributed by atoms with Crippen LogP contribution in [0, 0.1) is 0 Å². The van der Waals surface area contributed by atoms with Gasteiger partial charge >= 0.3 is 5.97 Å². The number of hydrogen-bond donors (Lipinski definition) is 3. The number of carbonyl (C=O) groups is 2. The number of carbonyl (C=O) groups excluding carboxylic acids is 1. The van der Waals surface area contributed by atoms with Crippen molar-refractivity contribution in [2.45, 2.75) is 12.5 Å². The Balaban J connectivity index is 2.05. The Morgan fingerprint density at radius 1 is 1.16 bits per heavy atom. The molecular formula is C14H14N2O3. The van der Waals surface area contributed by atoms with Crippen LogP contribution in [0.1, 0.15) is 16.1 Å². The molecule has 1 heterocycles. The molecule has 0 radical (unpaired) electrons. The number of carboxylic acids is 1. The van der Waals surface area contributed by atoms with Crippen molar-refractivity contribution < 1.29 is 14.7 Å². The molecule has 98 valence electrons. The quantitative estimate of drug-likeness (QED) is 0.759. The molecule has 0 saturated carbocycles. The first kappa shape index (κ1) is 12.9. The highest BCUT2D eigenvalue weighted by molar-refractivity contribution is 5.95. The summed E-state index contributed by atoms with van der Waals surface area (Å²) in [4.78, 5) is 25.7. The molecule has 19 heavy (non-hydrogen) atoms. The monoisotopic (exact) mass is 258 g/mol. The summed E-state index contributed by atoms with van der Waals surface area (Å²) in [5, 5.41) is 11.7. The number of amides is 1. The highest BCUT2D eigenvalue weighted by atomic mass is 16.4. The van der Waals surface area contributed by atoms with E-state index in [1.165, 1.54) is 0 Å². The summed E-state index contributed by atoms with van der Waals surface area (Å²) in [5.74, 6) is -1.47. The zero-order chi connectivity index (χ0) is 13.7. The Hall–Kier alpha value is -2.56. The van der Waals surface area contributed by atoms with E-state index in [9.17, 15) is 9.59 Å². The molecule has 0 saturated heterocycles. The van der Waals surface area contributed by atoms with Crippen LogP contribution < -0.4 is 5.32 Å². The topological polar surface area (TPSA) is 82.2 Å². The van der Waals surface area contributed by atoms with Crippen molar-refractivity contribution in [3.05, 3.63) is 59.9 Å². The maximum atomic E-state index is 11.8. The smallest absolute Gasteiger partial charge is 0.326 e. The van der Waals surface area contributed by atoms with Gasteiger partial charge in [0.15, 0.2) is 0 Å². The Bertz CT molecular complexity index is 549. The molecule has 5 nitrogen and oxygen atoms in total. The predicted octanol–water partition coefficient (Wildman–Crippen LogP) is 1.44. The zero-order valence-corrected chi connectivity index (χ0v) is 10.2. The fourth-order valence-corrected chi connectivity index (χ4v) is 1.76. The molecule has 0 fully saturated rings. The number of rotatable bonds is 5. The number of aromatic nitrogens is 1. The van der Waals surface area contributed by atoms with Gasteiger partial charge in [0.1, 0.15) is 11.7 Å². The van der Waals surface area contributed by atoms with Crippen molar-refractivity contribution in [3.63, 3.8) is 0 Å². The van der Waals surface area contributed by atoms with Gasteiger partial charge in [-0.1, -0.05) is 30.3 Å². The predicted molar refractivity (Wildman–Crippen MR) is 69.8 cm³/mol. The first-order chi connectivity index (χ1) is 9.16. The second-order valence-corrected chi connectivity index (χ2v) is 4.14. The van der Waals surface area contributed by atoms with E-state index in [2.05, 4.69) is 10.3 Å². The standard InChI is InChI=1S/C14H14N2O3/c17-13(11-7-4-8-15-11)16-12(14(18)19)9-10-5-2-1-3-6-10/h1-8,12,15H,9H2,(H,16,17)(H,18,19)/t12-/m0/s1. The third kappa shape index (κ3) is 3.45. The second-order valence-electron chi connectivity index (χ2n) is 4.14. The van der Waals surface area contributed by atoms with Crippen molar-refractivity contribution in [1.29, 1.82) is 0 Å². The summed E-state index contributed by atoms with van der Waals surface area (Å²) in [6.07, 6.45) is 1.87. The molecule has 0 spiro atoms. The first-order valence-electron chi connectivity index (χ1n) is 5.88. The van der Waals surface area contributed by atoms with E-state index >= 15 is 0 Å². The van der Waals surface area contributed by atoms with Crippen LogP contribution in [-0.4, -0.2) is 28.0 Å². The number of carboxylic acid groups (broad SMARTS) is 1. The molecular weight excluding hydrogens is 244 g/mol. The third-order valence-electron chi connectivity index (χ3n) is 2.73. The Morgan fingerprint density at radius 2 is 1.89 bits per heavy atom. The lowest BCUT2D eigenvalue weighted by atomic mass is 10.1. The maximum absolute atomic E-state index is 11.8. The molecule has 1 amide bonds. The van der Waals surface area contributed by atoms with Gasteiger partial charge in [0.2, 0.25) is 0 Å². The second kappa shape index (κ2) is 5.86. The molecule has 3 N–H and O–H groups in total. The lowest BCUT2D eigenvalue weighted by Crippen LogP contribution is -2.42. The fourth-order valence-electron chi connectivity index (χ4n) is 1.76. The molecule has 2 rings (SSSR count). The summed E-state index contributed by atoms with van der Waals surface area (Å²) >= 11 is 0. The lowest BCUT2D eigenvalue weighted by molar-refractivity contribution is -0.139. The van der Waals surface area contributed by atoms with E-state index in [4.69, 9.17) is 5.11 Å². The van der Waals surface area contributed by atoms with Crippen LogP contribution in [0.25, 0.3) is 0 Å². The van der Waals surface area contributed by atoms with E-state index in [-0.39, 0.29) is 6.42 Å². The summed E-state index contributed by atoms with van der Waals surface area (Å²) in [6.45, 7) is 0.